The van der Waals surface area contributed by atoms with Gasteiger partial charge in [0.2, 0.25) is 0 Å². The van der Waals surface area contributed by atoms with Crippen molar-refractivity contribution < 1.29 is 9.53 Å². The van der Waals surface area contributed by atoms with Crippen molar-refractivity contribution in [2.24, 2.45) is 0 Å². The molecule has 0 fully saturated rings. The van der Waals surface area contributed by atoms with Crippen molar-refractivity contribution in [3.8, 4) is 5.69 Å². The van der Waals surface area contributed by atoms with Crippen molar-refractivity contribution in [1.29, 1.82) is 0 Å². The lowest BCUT2D eigenvalue weighted by Crippen LogP contribution is -2.15. The number of nitrogens with one attached hydrogen (secondary N) is 1. The maximum atomic E-state index is 12.2. The number of ether oxygens (including phenoxy) is 1. The van der Waals surface area contributed by atoms with Crippen LogP contribution in [0.2, 0.25) is 0 Å². The van der Waals surface area contributed by atoms with Crippen LogP contribution in [0.3, 0.4) is 0 Å². The third kappa shape index (κ3) is 3.48. The van der Waals surface area contributed by atoms with Crippen LogP contribution in [-0.4, -0.2) is 37.6 Å². The van der Waals surface area contributed by atoms with Crippen molar-refractivity contribution in [2.75, 3.05) is 5.75 Å². The number of hydrogen-bond donors (Lipinski definition) is 1. The Morgan fingerprint density at radius 2 is 2.08 bits per heavy atom. The van der Waals surface area contributed by atoms with Crippen LogP contribution in [0.1, 0.15) is 13.8 Å². The largest absolute Gasteiger partial charge is 0.462 e. The number of benzene rings is 1. The molecule has 3 aromatic rings. The molecule has 1 aromatic carbocycles. The SMILES string of the molecule is CC(C)OC(=O)CSc1nc2c(cnn2-c2ccccc2)c(=O)[nH]1. The second-order valence-electron chi connectivity index (χ2n) is 5.33. The van der Waals surface area contributed by atoms with Crippen molar-refractivity contribution in [2.45, 2.75) is 25.1 Å². The minimum atomic E-state index is -0.352. The molecule has 0 aliphatic rings. The van der Waals surface area contributed by atoms with Gasteiger partial charge in [0.1, 0.15) is 5.39 Å². The minimum absolute atomic E-state index is 0.0755. The zero-order valence-electron chi connectivity index (χ0n) is 13.2. The van der Waals surface area contributed by atoms with Crippen molar-refractivity contribution in [1.82, 2.24) is 19.7 Å². The molecule has 0 aliphatic heterocycles. The van der Waals surface area contributed by atoms with Crippen molar-refractivity contribution >= 4 is 28.8 Å². The number of para-hydroxylation sites is 1. The summed E-state index contributed by atoms with van der Waals surface area (Å²) in [5, 5.41) is 4.98. The third-order valence-corrected chi connectivity index (χ3v) is 3.96. The summed E-state index contributed by atoms with van der Waals surface area (Å²) >= 11 is 1.12. The average molecular weight is 344 g/mol. The van der Waals surface area contributed by atoms with E-state index < -0.39 is 0 Å². The molecule has 0 bridgehead atoms. The molecular formula is C16H16N4O3S. The molecule has 24 heavy (non-hydrogen) atoms. The van der Waals surface area contributed by atoms with E-state index >= 15 is 0 Å². The van der Waals surface area contributed by atoms with Gasteiger partial charge in [0.15, 0.2) is 10.8 Å². The first-order valence-corrected chi connectivity index (χ1v) is 8.39. The molecule has 0 aliphatic carbocycles. The number of aromatic amines is 1. The van der Waals surface area contributed by atoms with Gasteiger partial charge in [-0.15, -0.1) is 0 Å². The Labute approximate surface area is 142 Å². The second-order valence-corrected chi connectivity index (χ2v) is 6.29. The Morgan fingerprint density at radius 1 is 1.33 bits per heavy atom. The highest BCUT2D eigenvalue weighted by atomic mass is 32.2. The van der Waals surface area contributed by atoms with E-state index in [-0.39, 0.29) is 23.4 Å². The van der Waals surface area contributed by atoms with Crippen LogP contribution in [0.4, 0.5) is 0 Å². The number of fused-ring (bicyclic) bond motifs is 1. The number of esters is 1. The monoisotopic (exact) mass is 344 g/mol. The molecule has 3 rings (SSSR count). The van der Waals surface area contributed by atoms with Crippen LogP contribution in [0.15, 0.2) is 46.5 Å². The molecule has 0 spiro atoms. The summed E-state index contributed by atoms with van der Waals surface area (Å²) in [6.45, 7) is 3.57. The van der Waals surface area contributed by atoms with Gasteiger partial charge < -0.3 is 9.72 Å². The maximum Gasteiger partial charge on any atom is 0.316 e. The summed E-state index contributed by atoms with van der Waals surface area (Å²) in [5.41, 5.74) is 0.965. The molecule has 124 valence electrons. The number of carbonyl (C=O) groups excluding carboxylic acids is 1. The van der Waals surface area contributed by atoms with Crippen LogP contribution in [0, 0.1) is 0 Å². The van der Waals surface area contributed by atoms with E-state index in [4.69, 9.17) is 4.74 Å². The van der Waals surface area contributed by atoms with E-state index in [1.165, 1.54) is 6.20 Å². The summed E-state index contributed by atoms with van der Waals surface area (Å²) in [5.74, 6) is -0.277. The second kappa shape index (κ2) is 6.88. The van der Waals surface area contributed by atoms with Gasteiger partial charge in [-0.2, -0.15) is 5.10 Å². The van der Waals surface area contributed by atoms with Gasteiger partial charge in [-0.05, 0) is 26.0 Å². The van der Waals surface area contributed by atoms with E-state index in [9.17, 15) is 9.59 Å². The number of nitrogens with zero attached hydrogens (tertiary/aromatic N) is 3. The van der Waals surface area contributed by atoms with Crippen LogP contribution in [0.5, 0.6) is 0 Å². The van der Waals surface area contributed by atoms with Crippen LogP contribution < -0.4 is 5.56 Å². The Kier molecular flexibility index (Phi) is 4.66. The molecule has 0 saturated carbocycles. The first-order valence-electron chi connectivity index (χ1n) is 7.40. The topological polar surface area (TPSA) is 89.9 Å². The van der Waals surface area contributed by atoms with Crippen LogP contribution in [0.25, 0.3) is 16.7 Å². The lowest BCUT2D eigenvalue weighted by molar-refractivity contribution is -0.144. The Balaban J connectivity index is 1.91. The zero-order chi connectivity index (χ0) is 17.1. The Hall–Kier alpha value is -2.61. The smallest absolute Gasteiger partial charge is 0.316 e. The first kappa shape index (κ1) is 16.3. The van der Waals surface area contributed by atoms with E-state index in [1.54, 1.807) is 18.5 Å². The van der Waals surface area contributed by atoms with Gasteiger partial charge in [0.05, 0.1) is 23.7 Å². The normalized spacial score (nSPS) is 11.1. The third-order valence-electron chi connectivity index (χ3n) is 3.11. The highest BCUT2D eigenvalue weighted by Crippen LogP contribution is 2.17. The molecule has 0 unspecified atom stereocenters. The van der Waals surface area contributed by atoms with Crippen molar-refractivity contribution in [3.05, 3.63) is 46.9 Å². The number of H-pyrrole nitrogens is 1. The van der Waals surface area contributed by atoms with Gasteiger partial charge in [0.25, 0.3) is 5.56 Å². The molecule has 1 N–H and O–H groups in total. The fraction of sp³-hybridized carbons (Fsp3) is 0.250. The fourth-order valence-electron chi connectivity index (χ4n) is 2.15. The van der Waals surface area contributed by atoms with E-state index in [0.717, 1.165) is 17.4 Å². The average Bonchev–Trinajstić information content (AvgIpc) is 2.97. The van der Waals surface area contributed by atoms with Gasteiger partial charge in [0, 0.05) is 0 Å². The standard InChI is InChI=1S/C16H16N4O3S/c1-10(2)23-13(21)9-24-16-18-14-12(15(22)19-16)8-17-20(14)11-6-4-3-5-7-11/h3-8,10H,9H2,1-2H3,(H,18,19,22). The summed E-state index contributed by atoms with van der Waals surface area (Å²) in [6, 6.07) is 9.42. The quantitative estimate of drug-likeness (QED) is 0.433. The predicted octanol–water partition coefficient (Wildman–Crippen LogP) is 2.15. The number of thioether (sulfide) groups is 1. The zero-order valence-corrected chi connectivity index (χ0v) is 14.0. The predicted molar refractivity (Wildman–Crippen MR) is 91.4 cm³/mol. The van der Waals surface area contributed by atoms with Gasteiger partial charge >= 0.3 is 5.97 Å². The number of aromatic nitrogens is 4. The Morgan fingerprint density at radius 3 is 2.79 bits per heavy atom. The molecule has 7 nitrogen and oxygen atoms in total. The highest BCUT2D eigenvalue weighted by molar-refractivity contribution is 7.99. The maximum absolute atomic E-state index is 12.2. The van der Waals surface area contributed by atoms with Crippen LogP contribution >= 0.6 is 11.8 Å². The van der Waals surface area contributed by atoms with E-state index in [1.807, 2.05) is 30.3 Å². The summed E-state index contributed by atoms with van der Waals surface area (Å²) in [6.07, 6.45) is 1.31. The van der Waals surface area contributed by atoms with E-state index in [0.29, 0.717) is 16.2 Å². The minimum Gasteiger partial charge on any atom is -0.462 e. The van der Waals surface area contributed by atoms with E-state index in [2.05, 4.69) is 15.1 Å². The summed E-state index contributed by atoms with van der Waals surface area (Å²) in [4.78, 5) is 30.9. The summed E-state index contributed by atoms with van der Waals surface area (Å²) in [7, 11) is 0. The molecular weight excluding hydrogens is 328 g/mol. The molecule has 2 aromatic heterocycles. The van der Waals surface area contributed by atoms with Gasteiger partial charge in [-0.25, -0.2) is 9.67 Å². The molecule has 0 saturated heterocycles. The van der Waals surface area contributed by atoms with Gasteiger partial charge in [-0.1, -0.05) is 30.0 Å². The Bertz CT molecular complexity index is 918. The first-order chi connectivity index (χ1) is 11.5. The molecule has 0 atom stereocenters. The fourth-order valence-corrected chi connectivity index (χ4v) is 2.79. The molecule has 2 heterocycles. The van der Waals surface area contributed by atoms with Crippen molar-refractivity contribution in [3.63, 3.8) is 0 Å². The lowest BCUT2D eigenvalue weighted by atomic mass is 10.3. The molecule has 0 amide bonds. The molecule has 0 radical (unpaired) electrons. The highest BCUT2D eigenvalue weighted by Gasteiger charge is 2.13. The molecule has 8 heteroatoms. The number of hydrogen-bond acceptors (Lipinski definition) is 6. The lowest BCUT2D eigenvalue weighted by Gasteiger charge is -2.07. The number of rotatable bonds is 5. The number of carbonyl (C=O) groups is 1. The summed E-state index contributed by atoms with van der Waals surface area (Å²) < 4.78 is 6.67. The van der Waals surface area contributed by atoms with Gasteiger partial charge in [-0.3, -0.25) is 9.59 Å². The van der Waals surface area contributed by atoms with Crippen LogP contribution in [-0.2, 0) is 9.53 Å².